The SMILES string of the molecule is CCOc1nc2c(c(C)nn2-c2ccccc2)c(C)c1CCC(=O)N1CCC(C)CC1. The highest BCUT2D eigenvalue weighted by molar-refractivity contribution is 5.86. The number of carbonyl (C=O) groups excluding carboxylic acids is 1. The minimum Gasteiger partial charge on any atom is -0.478 e. The molecule has 1 aliphatic rings. The predicted octanol–water partition coefficient (Wildman–Crippen LogP) is 4.63. The highest BCUT2D eigenvalue weighted by Gasteiger charge is 2.23. The zero-order valence-electron chi connectivity index (χ0n) is 19.0. The van der Waals surface area contributed by atoms with E-state index in [4.69, 9.17) is 14.8 Å². The predicted molar refractivity (Wildman–Crippen MR) is 123 cm³/mol. The quantitative estimate of drug-likeness (QED) is 0.583. The fraction of sp³-hybridized carbons (Fsp3) is 0.480. The molecule has 0 N–H and O–H groups in total. The van der Waals surface area contributed by atoms with Gasteiger partial charge in [-0.05, 0) is 63.6 Å². The summed E-state index contributed by atoms with van der Waals surface area (Å²) in [5.74, 6) is 1.56. The van der Waals surface area contributed by atoms with Crippen molar-refractivity contribution in [3.05, 3.63) is 47.2 Å². The lowest BCUT2D eigenvalue weighted by molar-refractivity contribution is -0.132. The molecule has 6 nitrogen and oxygen atoms in total. The van der Waals surface area contributed by atoms with Crippen LogP contribution in [0.25, 0.3) is 16.7 Å². The number of para-hydroxylation sites is 1. The van der Waals surface area contributed by atoms with E-state index in [0.29, 0.717) is 31.2 Å². The number of aromatic nitrogens is 3. The van der Waals surface area contributed by atoms with Crippen LogP contribution in [-0.4, -0.2) is 45.3 Å². The smallest absolute Gasteiger partial charge is 0.222 e. The normalized spacial score (nSPS) is 14.9. The Balaban J connectivity index is 1.67. The molecule has 0 saturated carbocycles. The van der Waals surface area contributed by atoms with E-state index in [-0.39, 0.29) is 5.91 Å². The Hall–Kier alpha value is -2.89. The van der Waals surface area contributed by atoms with Gasteiger partial charge in [-0.25, -0.2) is 4.68 Å². The molecule has 1 saturated heterocycles. The van der Waals surface area contributed by atoms with Gasteiger partial charge in [0.05, 0.1) is 18.0 Å². The number of nitrogens with zero attached hydrogens (tertiary/aromatic N) is 4. The summed E-state index contributed by atoms with van der Waals surface area (Å²) in [6, 6.07) is 10.0. The Bertz CT molecular complexity index is 1070. The van der Waals surface area contributed by atoms with Gasteiger partial charge in [0.25, 0.3) is 0 Å². The van der Waals surface area contributed by atoms with Crippen LogP contribution in [0.4, 0.5) is 0 Å². The maximum absolute atomic E-state index is 12.8. The number of fused-ring (bicyclic) bond motifs is 1. The molecule has 31 heavy (non-hydrogen) atoms. The largest absolute Gasteiger partial charge is 0.478 e. The van der Waals surface area contributed by atoms with Gasteiger partial charge in [0.15, 0.2) is 5.65 Å². The van der Waals surface area contributed by atoms with Crippen molar-refractivity contribution in [1.82, 2.24) is 19.7 Å². The zero-order chi connectivity index (χ0) is 22.0. The first-order valence-electron chi connectivity index (χ1n) is 11.3. The van der Waals surface area contributed by atoms with E-state index in [2.05, 4.69) is 13.8 Å². The highest BCUT2D eigenvalue weighted by Crippen LogP contribution is 2.32. The lowest BCUT2D eigenvalue weighted by atomic mass is 9.98. The average molecular weight is 421 g/mol. The Morgan fingerprint density at radius 1 is 1.16 bits per heavy atom. The number of pyridine rings is 1. The fourth-order valence-electron chi connectivity index (χ4n) is 4.48. The number of carbonyl (C=O) groups is 1. The van der Waals surface area contributed by atoms with Crippen LogP contribution in [0.3, 0.4) is 0 Å². The second-order valence-electron chi connectivity index (χ2n) is 8.55. The van der Waals surface area contributed by atoms with Gasteiger partial charge >= 0.3 is 0 Å². The number of benzene rings is 1. The number of hydrogen-bond acceptors (Lipinski definition) is 4. The number of hydrogen-bond donors (Lipinski definition) is 0. The number of ether oxygens (including phenoxy) is 1. The van der Waals surface area contributed by atoms with E-state index < -0.39 is 0 Å². The van der Waals surface area contributed by atoms with Crippen molar-refractivity contribution in [2.75, 3.05) is 19.7 Å². The van der Waals surface area contributed by atoms with Gasteiger partial charge in [-0.1, -0.05) is 25.1 Å². The van der Waals surface area contributed by atoms with Crippen LogP contribution >= 0.6 is 0 Å². The van der Waals surface area contributed by atoms with E-state index in [1.807, 2.05) is 53.8 Å². The first-order valence-corrected chi connectivity index (χ1v) is 11.3. The maximum atomic E-state index is 12.8. The third-order valence-corrected chi connectivity index (χ3v) is 6.34. The van der Waals surface area contributed by atoms with Crippen LogP contribution in [0.1, 0.15) is 49.9 Å². The van der Waals surface area contributed by atoms with Crippen molar-refractivity contribution < 1.29 is 9.53 Å². The van der Waals surface area contributed by atoms with E-state index in [9.17, 15) is 4.79 Å². The molecule has 0 atom stereocenters. The molecular weight excluding hydrogens is 388 g/mol. The lowest BCUT2D eigenvalue weighted by Gasteiger charge is -2.30. The first kappa shape index (κ1) is 21.3. The molecule has 0 radical (unpaired) electrons. The summed E-state index contributed by atoms with van der Waals surface area (Å²) in [4.78, 5) is 19.7. The zero-order valence-corrected chi connectivity index (χ0v) is 19.0. The van der Waals surface area contributed by atoms with Gasteiger partial charge in [-0.15, -0.1) is 0 Å². The van der Waals surface area contributed by atoms with Crippen LogP contribution in [-0.2, 0) is 11.2 Å². The van der Waals surface area contributed by atoms with Crippen molar-refractivity contribution in [1.29, 1.82) is 0 Å². The molecule has 1 amide bonds. The molecule has 164 valence electrons. The van der Waals surface area contributed by atoms with E-state index >= 15 is 0 Å². The van der Waals surface area contributed by atoms with Gasteiger partial charge in [0.1, 0.15) is 0 Å². The van der Waals surface area contributed by atoms with E-state index in [1.165, 1.54) is 0 Å². The van der Waals surface area contributed by atoms with E-state index in [0.717, 1.165) is 59.5 Å². The highest BCUT2D eigenvalue weighted by atomic mass is 16.5. The lowest BCUT2D eigenvalue weighted by Crippen LogP contribution is -2.38. The van der Waals surface area contributed by atoms with Gasteiger partial charge in [0, 0.05) is 30.5 Å². The summed E-state index contributed by atoms with van der Waals surface area (Å²) in [6.45, 7) is 10.6. The molecule has 1 fully saturated rings. The van der Waals surface area contributed by atoms with Gasteiger partial charge < -0.3 is 9.64 Å². The maximum Gasteiger partial charge on any atom is 0.222 e. The molecule has 0 aliphatic carbocycles. The van der Waals surface area contributed by atoms with Gasteiger partial charge in [-0.2, -0.15) is 10.1 Å². The van der Waals surface area contributed by atoms with Gasteiger partial charge in [-0.3, -0.25) is 4.79 Å². The Kier molecular flexibility index (Phi) is 6.25. The van der Waals surface area contributed by atoms with Crippen LogP contribution in [0.15, 0.2) is 30.3 Å². The minimum atomic E-state index is 0.227. The Labute approximate surface area is 184 Å². The monoisotopic (exact) mass is 420 g/mol. The van der Waals surface area contributed by atoms with Gasteiger partial charge in [0.2, 0.25) is 11.8 Å². The molecule has 1 aromatic carbocycles. The van der Waals surface area contributed by atoms with Crippen molar-refractivity contribution >= 4 is 16.9 Å². The number of rotatable bonds is 6. The Morgan fingerprint density at radius 3 is 2.55 bits per heavy atom. The standard InChI is InChI=1S/C25H32N4O2/c1-5-31-25-21(11-12-22(30)28-15-13-17(2)14-16-28)18(3)23-19(4)27-29(24(23)26-25)20-9-7-6-8-10-20/h6-10,17H,5,11-16H2,1-4H3. The van der Waals surface area contributed by atoms with Crippen LogP contribution in [0.5, 0.6) is 5.88 Å². The molecule has 3 heterocycles. The summed E-state index contributed by atoms with van der Waals surface area (Å²) in [7, 11) is 0. The van der Waals surface area contributed by atoms with Crippen LogP contribution in [0, 0.1) is 19.8 Å². The molecule has 2 aromatic heterocycles. The second-order valence-corrected chi connectivity index (χ2v) is 8.55. The first-order chi connectivity index (χ1) is 15.0. The summed E-state index contributed by atoms with van der Waals surface area (Å²) in [5.41, 5.74) is 4.82. The third-order valence-electron chi connectivity index (χ3n) is 6.34. The average Bonchev–Trinajstić information content (AvgIpc) is 3.11. The molecule has 1 aliphatic heterocycles. The molecule has 0 spiro atoms. The van der Waals surface area contributed by atoms with E-state index in [1.54, 1.807) is 0 Å². The molecule has 0 bridgehead atoms. The summed E-state index contributed by atoms with van der Waals surface area (Å²) >= 11 is 0. The van der Waals surface area contributed by atoms with Crippen molar-refractivity contribution in [2.24, 2.45) is 5.92 Å². The fourth-order valence-corrected chi connectivity index (χ4v) is 4.48. The number of amides is 1. The summed E-state index contributed by atoms with van der Waals surface area (Å²) in [5, 5.41) is 5.81. The molecular formula is C25H32N4O2. The van der Waals surface area contributed by atoms with Crippen molar-refractivity contribution in [3.63, 3.8) is 0 Å². The van der Waals surface area contributed by atoms with Crippen LogP contribution < -0.4 is 4.74 Å². The molecule has 4 rings (SSSR count). The van der Waals surface area contributed by atoms with Crippen molar-refractivity contribution in [3.8, 4) is 11.6 Å². The third kappa shape index (κ3) is 4.29. The summed E-state index contributed by atoms with van der Waals surface area (Å²) < 4.78 is 7.82. The topological polar surface area (TPSA) is 60.3 Å². The number of piperidine rings is 1. The van der Waals surface area contributed by atoms with Crippen LogP contribution in [0.2, 0.25) is 0 Å². The second kappa shape index (κ2) is 9.08. The number of aryl methyl sites for hydroxylation is 2. The number of likely N-dealkylation sites (tertiary alicyclic amines) is 1. The molecule has 3 aromatic rings. The summed E-state index contributed by atoms with van der Waals surface area (Å²) in [6.07, 6.45) is 3.31. The molecule has 0 unspecified atom stereocenters. The Morgan fingerprint density at radius 2 is 1.87 bits per heavy atom. The minimum absolute atomic E-state index is 0.227. The molecule has 6 heteroatoms. The van der Waals surface area contributed by atoms with Crippen molar-refractivity contribution in [2.45, 2.75) is 53.4 Å².